The van der Waals surface area contributed by atoms with Gasteiger partial charge in [-0.25, -0.2) is 4.68 Å². The minimum absolute atomic E-state index is 0.0496. The van der Waals surface area contributed by atoms with Gasteiger partial charge in [-0.2, -0.15) is 5.10 Å². The number of ether oxygens (including phenoxy) is 1. The van der Waals surface area contributed by atoms with Gasteiger partial charge >= 0.3 is 0 Å². The number of methoxy groups -OCH3 is 1. The maximum Gasteiger partial charge on any atom is 0.254 e. The fourth-order valence-electron chi connectivity index (χ4n) is 2.88. The summed E-state index contributed by atoms with van der Waals surface area (Å²) in [4.78, 5) is 25.1. The topological polar surface area (TPSA) is 102 Å². The van der Waals surface area contributed by atoms with Crippen molar-refractivity contribution in [3.05, 3.63) is 24.4 Å². The molecule has 8 nitrogen and oxygen atoms in total. The van der Waals surface area contributed by atoms with Crippen molar-refractivity contribution in [2.75, 3.05) is 32.6 Å². The van der Waals surface area contributed by atoms with E-state index in [1.807, 2.05) is 0 Å². The Bertz CT molecular complexity index is 583. The Hall–Kier alpha value is -2.35. The van der Waals surface area contributed by atoms with Gasteiger partial charge < -0.3 is 20.7 Å². The van der Waals surface area contributed by atoms with Crippen molar-refractivity contribution in [3.63, 3.8) is 0 Å². The van der Waals surface area contributed by atoms with E-state index in [1.54, 1.807) is 23.7 Å². The molecule has 0 radical (unpaired) electrons. The summed E-state index contributed by atoms with van der Waals surface area (Å²) >= 11 is 0. The van der Waals surface area contributed by atoms with Crippen molar-refractivity contribution in [3.8, 4) is 0 Å². The monoisotopic (exact) mass is 307 g/mol. The van der Waals surface area contributed by atoms with E-state index in [1.165, 1.54) is 12.3 Å². The molecule has 1 aromatic heterocycles. The summed E-state index contributed by atoms with van der Waals surface area (Å²) in [5.41, 5.74) is 5.68. The molecule has 3 N–H and O–H groups in total. The SMILES string of the molecule is C=CC(=O)N1CC(n2ncc(C(N)=O)c2NC)C[C@@H]1COC. The Morgan fingerprint density at radius 1 is 1.64 bits per heavy atom. The number of anilines is 1. The van der Waals surface area contributed by atoms with Crippen LogP contribution in [0.15, 0.2) is 18.9 Å². The van der Waals surface area contributed by atoms with Gasteiger partial charge in [0, 0.05) is 20.7 Å². The number of nitrogens with two attached hydrogens (primary N) is 1. The van der Waals surface area contributed by atoms with E-state index in [0.717, 1.165) is 0 Å². The van der Waals surface area contributed by atoms with Crippen LogP contribution in [0.4, 0.5) is 5.82 Å². The van der Waals surface area contributed by atoms with E-state index in [4.69, 9.17) is 10.5 Å². The number of carbonyl (C=O) groups excluding carboxylic acids is 2. The van der Waals surface area contributed by atoms with Gasteiger partial charge in [0.15, 0.2) is 0 Å². The highest BCUT2D eigenvalue weighted by Crippen LogP contribution is 2.31. The molecule has 1 aromatic rings. The quantitative estimate of drug-likeness (QED) is 0.720. The number of nitrogens with zero attached hydrogens (tertiary/aromatic N) is 3. The molecule has 0 bridgehead atoms. The molecule has 1 aliphatic heterocycles. The molecule has 0 saturated carbocycles. The van der Waals surface area contributed by atoms with Crippen LogP contribution in [0, 0.1) is 0 Å². The van der Waals surface area contributed by atoms with Crippen LogP contribution in [-0.2, 0) is 9.53 Å². The summed E-state index contributed by atoms with van der Waals surface area (Å²) < 4.78 is 6.89. The van der Waals surface area contributed by atoms with Crippen molar-refractivity contribution in [1.29, 1.82) is 0 Å². The summed E-state index contributed by atoms with van der Waals surface area (Å²) in [5.74, 6) is -0.125. The molecule has 2 atom stereocenters. The van der Waals surface area contributed by atoms with Gasteiger partial charge in [0.25, 0.3) is 5.91 Å². The molecule has 120 valence electrons. The number of nitrogens with one attached hydrogen (secondary N) is 1. The van der Waals surface area contributed by atoms with Gasteiger partial charge in [-0.1, -0.05) is 6.58 Å². The summed E-state index contributed by atoms with van der Waals surface area (Å²) in [6.45, 7) is 4.45. The van der Waals surface area contributed by atoms with Crippen LogP contribution in [0.3, 0.4) is 0 Å². The number of aromatic nitrogens is 2. The van der Waals surface area contributed by atoms with Gasteiger partial charge in [-0.3, -0.25) is 9.59 Å². The summed E-state index contributed by atoms with van der Waals surface area (Å²) in [5, 5.41) is 7.21. The highest BCUT2D eigenvalue weighted by molar-refractivity contribution is 5.97. The number of amides is 2. The normalized spacial score (nSPS) is 20.9. The van der Waals surface area contributed by atoms with Gasteiger partial charge in [-0.15, -0.1) is 0 Å². The Morgan fingerprint density at radius 3 is 2.91 bits per heavy atom. The molecule has 1 fully saturated rings. The second-order valence-corrected chi connectivity index (χ2v) is 5.16. The van der Waals surface area contributed by atoms with E-state index in [2.05, 4.69) is 17.0 Å². The molecule has 1 saturated heterocycles. The Balaban J connectivity index is 2.29. The first kappa shape index (κ1) is 16.0. The standard InChI is InChI=1S/C14H21N5O3/c1-4-12(20)18-7-9(5-10(18)8-22-3)19-14(16-2)11(6-17-19)13(15)21/h4,6,9-10,16H,1,5,7-8H2,2-3H3,(H2,15,21)/t9?,10-/m1/s1. The molecule has 1 aliphatic rings. The highest BCUT2D eigenvalue weighted by atomic mass is 16.5. The number of likely N-dealkylation sites (tertiary alicyclic amines) is 1. The molecule has 2 heterocycles. The van der Waals surface area contributed by atoms with Crippen LogP contribution < -0.4 is 11.1 Å². The largest absolute Gasteiger partial charge is 0.383 e. The maximum atomic E-state index is 12.0. The van der Waals surface area contributed by atoms with Crippen LogP contribution in [-0.4, -0.2) is 59.8 Å². The molecule has 0 aromatic carbocycles. The van der Waals surface area contributed by atoms with Crippen molar-refractivity contribution >= 4 is 17.6 Å². The first-order chi connectivity index (χ1) is 10.5. The Labute approximate surface area is 128 Å². The number of rotatable bonds is 6. The molecule has 22 heavy (non-hydrogen) atoms. The third-order valence-electron chi connectivity index (χ3n) is 3.85. The second-order valence-electron chi connectivity index (χ2n) is 5.16. The van der Waals surface area contributed by atoms with Crippen molar-refractivity contribution in [2.24, 2.45) is 5.73 Å². The smallest absolute Gasteiger partial charge is 0.254 e. The zero-order valence-electron chi connectivity index (χ0n) is 12.8. The second kappa shape index (κ2) is 6.61. The number of hydrogen-bond acceptors (Lipinski definition) is 5. The molecule has 0 aliphatic carbocycles. The van der Waals surface area contributed by atoms with E-state index >= 15 is 0 Å². The molecule has 0 spiro atoms. The third-order valence-corrected chi connectivity index (χ3v) is 3.85. The first-order valence-corrected chi connectivity index (χ1v) is 7.00. The summed E-state index contributed by atoms with van der Waals surface area (Å²) in [6, 6.07) is -0.106. The average Bonchev–Trinajstić information content (AvgIpc) is 3.10. The van der Waals surface area contributed by atoms with E-state index < -0.39 is 5.91 Å². The molecule has 8 heteroatoms. The minimum Gasteiger partial charge on any atom is -0.383 e. The zero-order valence-corrected chi connectivity index (χ0v) is 12.8. The van der Waals surface area contributed by atoms with E-state index in [0.29, 0.717) is 31.0 Å². The van der Waals surface area contributed by atoms with Crippen LogP contribution in [0.25, 0.3) is 0 Å². The fourth-order valence-corrected chi connectivity index (χ4v) is 2.88. The first-order valence-electron chi connectivity index (χ1n) is 7.00. The summed E-state index contributed by atoms with van der Waals surface area (Å²) in [7, 11) is 3.30. The average molecular weight is 307 g/mol. The van der Waals surface area contributed by atoms with Gasteiger partial charge in [-0.05, 0) is 12.5 Å². The summed E-state index contributed by atoms with van der Waals surface area (Å²) in [6.07, 6.45) is 3.42. The van der Waals surface area contributed by atoms with Crippen LogP contribution in [0.2, 0.25) is 0 Å². The lowest BCUT2D eigenvalue weighted by Crippen LogP contribution is -2.37. The van der Waals surface area contributed by atoms with Gasteiger partial charge in [0.2, 0.25) is 5.91 Å². The van der Waals surface area contributed by atoms with Crippen LogP contribution in [0.1, 0.15) is 22.8 Å². The van der Waals surface area contributed by atoms with Crippen LogP contribution in [0.5, 0.6) is 0 Å². The lowest BCUT2D eigenvalue weighted by atomic mass is 10.2. The van der Waals surface area contributed by atoms with Crippen molar-refractivity contribution < 1.29 is 14.3 Å². The maximum absolute atomic E-state index is 12.0. The third kappa shape index (κ3) is 2.82. The van der Waals surface area contributed by atoms with Crippen molar-refractivity contribution in [2.45, 2.75) is 18.5 Å². The Morgan fingerprint density at radius 2 is 2.36 bits per heavy atom. The number of carbonyl (C=O) groups is 2. The minimum atomic E-state index is -0.541. The lowest BCUT2D eigenvalue weighted by Gasteiger charge is -2.22. The number of primary amides is 1. The van der Waals surface area contributed by atoms with E-state index in [-0.39, 0.29) is 18.0 Å². The lowest BCUT2D eigenvalue weighted by molar-refractivity contribution is -0.127. The molecular weight excluding hydrogens is 286 g/mol. The fraction of sp³-hybridized carbons (Fsp3) is 0.500. The van der Waals surface area contributed by atoms with Gasteiger partial charge in [0.05, 0.1) is 24.9 Å². The van der Waals surface area contributed by atoms with Crippen molar-refractivity contribution in [1.82, 2.24) is 14.7 Å². The predicted octanol–water partition coefficient (Wildman–Crippen LogP) is -0.00190. The molecule has 2 amide bonds. The Kier molecular flexibility index (Phi) is 4.81. The van der Waals surface area contributed by atoms with E-state index in [9.17, 15) is 9.59 Å². The molecule has 1 unspecified atom stereocenters. The number of hydrogen-bond donors (Lipinski definition) is 2. The highest BCUT2D eigenvalue weighted by Gasteiger charge is 2.36. The van der Waals surface area contributed by atoms with Gasteiger partial charge in [0.1, 0.15) is 11.4 Å². The molecule has 2 rings (SSSR count). The van der Waals surface area contributed by atoms with Crippen LogP contribution >= 0.6 is 0 Å². The zero-order chi connectivity index (χ0) is 16.3. The predicted molar refractivity (Wildman–Crippen MR) is 81.5 cm³/mol. The molecular formula is C14H21N5O3.